The van der Waals surface area contributed by atoms with Gasteiger partial charge in [-0.25, -0.2) is 0 Å². The maximum absolute atomic E-state index is 10.4. The first kappa shape index (κ1) is 12.7. The first-order valence-corrected chi connectivity index (χ1v) is 6.90. The number of hydrogen-bond acceptors (Lipinski definition) is 4. The SMILES string of the molecule is COc1cccc(SCC2(O)CCNCC2)c1. The summed E-state index contributed by atoms with van der Waals surface area (Å²) in [6.45, 7) is 1.82. The molecule has 0 spiro atoms. The van der Waals surface area contributed by atoms with Crippen LogP contribution in [0, 0.1) is 0 Å². The van der Waals surface area contributed by atoms with Gasteiger partial charge >= 0.3 is 0 Å². The molecule has 1 aliphatic rings. The fourth-order valence-electron chi connectivity index (χ4n) is 1.95. The van der Waals surface area contributed by atoms with Gasteiger partial charge in [0, 0.05) is 10.6 Å². The lowest BCUT2D eigenvalue weighted by molar-refractivity contribution is 0.0339. The summed E-state index contributed by atoms with van der Waals surface area (Å²) in [5.74, 6) is 1.62. The summed E-state index contributed by atoms with van der Waals surface area (Å²) in [5.41, 5.74) is -0.515. The smallest absolute Gasteiger partial charge is 0.119 e. The summed E-state index contributed by atoms with van der Waals surface area (Å²) in [4.78, 5) is 1.15. The zero-order valence-corrected chi connectivity index (χ0v) is 10.9. The lowest BCUT2D eigenvalue weighted by atomic mass is 9.95. The normalized spacial score (nSPS) is 18.9. The second-order valence-electron chi connectivity index (χ2n) is 4.44. The van der Waals surface area contributed by atoms with Gasteiger partial charge in [0.2, 0.25) is 0 Å². The number of ether oxygens (including phenoxy) is 1. The summed E-state index contributed by atoms with van der Waals surface area (Å²) in [6.07, 6.45) is 1.67. The average Bonchev–Trinajstić information content (AvgIpc) is 2.38. The van der Waals surface area contributed by atoms with Crippen molar-refractivity contribution in [2.75, 3.05) is 26.0 Å². The van der Waals surface area contributed by atoms with Gasteiger partial charge in [0.05, 0.1) is 12.7 Å². The number of aliphatic hydroxyl groups is 1. The summed E-state index contributed by atoms with van der Waals surface area (Å²) >= 11 is 1.70. The van der Waals surface area contributed by atoms with Crippen LogP contribution in [0.2, 0.25) is 0 Å². The topological polar surface area (TPSA) is 41.5 Å². The molecule has 0 aromatic heterocycles. The van der Waals surface area contributed by atoms with E-state index < -0.39 is 5.60 Å². The Bertz CT molecular complexity index is 364. The van der Waals surface area contributed by atoms with Crippen LogP contribution in [0.1, 0.15) is 12.8 Å². The van der Waals surface area contributed by atoms with Crippen molar-refractivity contribution >= 4 is 11.8 Å². The maximum atomic E-state index is 10.4. The van der Waals surface area contributed by atoms with Crippen molar-refractivity contribution < 1.29 is 9.84 Å². The van der Waals surface area contributed by atoms with Crippen LogP contribution in [0.5, 0.6) is 5.75 Å². The molecular weight excluding hydrogens is 234 g/mol. The predicted octanol–water partition coefficient (Wildman–Crippen LogP) is 1.90. The van der Waals surface area contributed by atoms with Gasteiger partial charge < -0.3 is 15.2 Å². The van der Waals surface area contributed by atoms with Gasteiger partial charge in [-0.05, 0) is 44.1 Å². The Morgan fingerprint density at radius 1 is 1.41 bits per heavy atom. The quantitative estimate of drug-likeness (QED) is 0.804. The van der Waals surface area contributed by atoms with Crippen LogP contribution in [0.3, 0.4) is 0 Å². The fourth-order valence-corrected chi connectivity index (χ4v) is 3.04. The summed E-state index contributed by atoms with van der Waals surface area (Å²) < 4.78 is 5.19. The Balaban J connectivity index is 1.92. The third-order valence-corrected chi connectivity index (χ3v) is 4.35. The largest absolute Gasteiger partial charge is 0.497 e. The molecule has 0 saturated carbocycles. The monoisotopic (exact) mass is 253 g/mol. The lowest BCUT2D eigenvalue weighted by Gasteiger charge is -2.32. The van der Waals surface area contributed by atoms with Gasteiger partial charge in [0.1, 0.15) is 5.75 Å². The number of rotatable bonds is 4. The molecule has 2 N–H and O–H groups in total. The molecule has 0 aliphatic carbocycles. The number of piperidine rings is 1. The molecule has 17 heavy (non-hydrogen) atoms. The van der Waals surface area contributed by atoms with Crippen molar-refractivity contribution in [2.45, 2.75) is 23.3 Å². The molecule has 2 rings (SSSR count). The molecule has 1 saturated heterocycles. The van der Waals surface area contributed by atoms with Gasteiger partial charge in [-0.2, -0.15) is 0 Å². The van der Waals surface area contributed by atoms with E-state index in [2.05, 4.69) is 11.4 Å². The molecule has 1 heterocycles. The minimum absolute atomic E-state index is 0.515. The minimum Gasteiger partial charge on any atom is -0.497 e. The highest BCUT2D eigenvalue weighted by molar-refractivity contribution is 7.99. The maximum Gasteiger partial charge on any atom is 0.119 e. The lowest BCUT2D eigenvalue weighted by Crippen LogP contribution is -2.43. The highest BCUT2D eigenvalue weighted by Crippen LogP contribution is 2.29. The van der Waals surface area contributed by atoms with Crippen LogP contribution in [0.4, 0.5) is 0 Å². The molecule has 0 unspecified atom stereocenters. The van der Waals surface area contributed by atoms with Crippen LogP contribution < -0.4 is 10.1 Å². The molecule has 0 amide bonds. The van der Waals surface area contributed by atoms with Crippen molar-refractivity contribution in [3.8, 4) is 5.75 Å². The molecule has 1 aliphatic heterocycles. The number of methoxy groups -OCH3 is 1. The first-order chi connectivity index (χ1) is 8.22. The molecule has 4 heteroatoms. The molecule has 1 aromatic rings. The van der Waals surface area contributed by atoms with E-state index in [1.807, 2.05) is 18.2 Å². The van der Waals surface area contributed by atoms with Crippen molar-refractivity contribution in [1.29, 1.82) is 0 Å². The van der Waals surface area contributed by atoms with E-state index in [1.165, 1.54) is 0 Å². The van der Waals surface area contributed by atoms with Gasteiger partial charge in [0.25, 0.3) is 0 Å². The fraction of sp³-hybridized carbons (Fsp3) is 0.538. The van der Waals surface area contributed by atoms with E-state index in [0.717, 1.165) is 42.3 Å². The second kappa shape index (κ2) is 5.76. The van der Waals surface area contributed by atoms with Crippen LogP contribution in [-0.2, 0) is 0 Å². The third-order valence-electron chi connectivity index (χ3n) is 3.08. The highest BCUT2D eigenvalue weighted by atomic mass is 32.2. The van der Waals surface area contributed by atoms with Crippen molar-refractivity contribution in [2.24, 2.45) is 0 Å². The van der Waals surface area contributed by atoms with E-state index in [0.29, 0.717) is 0 Å². The van der Waals surface area contributed by atoms with Crippen molar-refractivity contribution in [3.63, 3.8) is 0 Å². The molecule has 1 aromatic carbocycles. The molecule has 94 valence electrons. The van der Waals surface area contributed by atoms with E-state index in [9.17, 15) is 5.11 Å². The summed E-state index contributed by atoms with van der Waals surface area (Å²) in [5, 5.41) is 13.6. The summed E-state index contributed by atoms with van der Waals surface area (Å²) in [7, 11) is 1.67. The Kier molecular flexibility index (Phi) is 4.31. The molecule has 0 radical (unpaired) electrons. The first-order valence-electron chi connectivity index (χ1n) is 5.92. The number of hydrogen-bond donors (Lipinski definition) is 2. The summed E-state index contributed by atoms with van der Waals surface area (Å²) in [6, 6.07) is 7.98. The standard InChI is InChI=1S/C13H19NO2S/c1-16-11-3-2-4-12(9-11)17-10-13(15)5-7-14-8-6-13/h2-4,9,14-15H,5-8,10H2,1H3. The van der Waals surface area contributed by atoms with E-state index >= 15 is 0 Å². The highest BCUT2D eigenvalue weighted by Gasteiger charge is 2.28. The zero-order chi connectivity index (χ0) is 12.1. The van der Waals surface area contributed by atoms with Crippen LogP contribution in [-0.4, -0.2) is 36.7 Å². The molecular formula is C13H19NO2S. The molecule has 3 nitrogen and oxygen atoms in total. The zero-order valence-electron chi connectivity index (χ0n) is 10.1. The Labute approximate surface area is 107 Å². The Morgan fingerprint density at radius 2 is 2.18 bits per heavy atom. The Morgan fingerprint density at radius 3 is 2.88 bits per heavy atom. The van der Waals surface area contributed by atoms with Crippen LogP contribution in [0.15, 0.2) is 29.2 Å². The molecule has 0 bridgehead atoms. The number of benzene rings is 1. The third kappa shape index (κ3) is 3.63. The number of thioether (sulfide) groups is 1. The second-order valence-corrected chi connectivity index (χ2v) is 5.49. The molecule has 1 fully saturated rings. The van der Waals surface area contributed by atoms with Gasteiger partial charge in [-0.15, -0.1) is 11.8 Å². The number of nitrogens with one attached hydrogen (secondary N) is 1. The van der Waals surface area contributed by atoms with E-state index in [1.54, 1.807) is 18.9 Å². The van der Waals surface area contributed by atoms with Crippen molar-refractivity contribution in [1.82, 2.24) is 5.32 Å². The Hall–Kier alpha value is -0.710. The minimum atomic E-state index is -0.515. The van der Waals surface area contributed by atoms with Gasteiger partial charge in [-0.1, -0.05) is 6.07 Å². The van der Waals surface area contributed by atoms with E-state index in [4.69, 9.17) is 4.74 Å². The van der Waals surface area contributed by atoms with Crippen LogP contribution in [0.25, 0.3) is 0 Å². The molecule has 0 atom stereocenters. The van der Waals surface area contributed by atoms with Gasteiger partial charge in [0.15, 0.2) is 0 Å². The van der Waals surface area contributed by atoms with E-state index in [-0.39, 0.29) is 0 Å². The van der Waals surface area contributed by atoms with Crippen molar-refractivity contribution in [3.05, 3.63) is 24.3 Å². The van der Waals surface area contributed by atoms with Gasteiger partial charge in [-0.3, -0.25) is 0 Å². The predicted molar refractivity (Wildman–Crippen MR) is 70.8 cm³/mol. The van der Waals surface area contributed by atoms with Crippen LogP contribution >= 0.6 is 11.8 Å². The average molecular weight is 253 g/mol.